The lowest BCUT2D eigenvalue weighted by Crippen LogP contribution is -2.41. The molecule has 0 amide bonds. The number of nitrogens with zero attached hydrogens (tertiary/aromatic N) is 1. The Morgan fingerprint density at radius 1 is 1.14 bits per heavy atom. The van der Waals surface area contributed by atoms with Crippen LogP contribution in [0.1, 0.15) is 26.2 Å². The van der Waals surface area contributed by atoms with E-state index in [4.69, 9.17) is 18.9 Å². The van der Waals surface area contributed by atoms with Crippen LogP contribution in [0.15, 0.2) is 23.1 Å². The molecule has 0 aromatic heterocycles. The molecule has 3 heterocycles. The van der Waals surface area contributed by atoms with Crippen LogP contribution in [0.25, 0.3) is 0 Å². The minimum atomic E-state index is -3.71. The van der Waals surface area contributed by atoms with E-state index in [-0.39, 0.29) is 24.1 Å². The first-order chi connectivity index (χ1) is 13.8. The first kappa shape index (κ1) is 20.0. The lowest BCUT2D eigenvalue weighted by Gasteiger charge is -2.30. The summed E-state index contributed by atoms with van der Waals surface area (Å²) in [5.41, 5.74) is 0. The maximum Gasteiger partial charge on any atom is 0.347 e. The highest BCUT2D eigenvalue weighted by atomic mass is 32.2. The highest BCUT2D eigenvalue weighted by molar-refractivity contribution is 7.89. The van der Waals surface area contributed by atoms with Crippen molar-refractivity contribution in [2.45, 2.75) is 43.3 Å². The van der Waals surface area contributed by atoms with Crippen molar-refractivity contribution < 1.29 is 37.0 Å². The van der Waals surface area contributed by atoms with E-state index in [1.54, 1.807) is 13.0 Å². The number of hydrogen-bond acceptors (Lipinski definition) is 8. The van der Waals surface area contributed by atoms with Gasteiger partial charge in [-0.15, -0.1) is 0 Å². The molecule has 0 radical (unpaired) electrons. The SMILES string of the molecule is C[C@H]1C[C@H](OC(=O)C2CCN(S(=O)(=O)c3ccc4c(c3)OCCO4)CC2)C(=O)O1. The second-order valence-electron chi connectivity index (χ2n) is 7.39. The van der Waals surface area contributed by atoms with Gasteiger partial charge in [-0.25, -0.2) is 13.2 Å². The van der Waals surface area contributed by atoms with Crippen LogP contribution >= 0.6 is 0 Å². The lowest BCUT2D eigenvalue weighted by atomic mass is 9.98. The maximum atomic E-state index is 13.0. The molecule has 0 aliphatic carbocycles. The lowest BCUT2D eigenvalue weighted by molar-refractivity contribution is -0.164. The van der Waals surface area contributed by atoms with Gasteiger partial charge in [0.25, 0.3) is 0 Å². The number of carbonyl (C=O) groups is 2. The first-order valence-corrected chi connectivity index (χ1v) is 11.1. The summed E-state index contributed by atoms with van der Waals surface area (Å²) in [6.07, 6.45) is -0.114. The molecule has 0 unspecified atom stereocenters. The molecule has 0 spiro atoms. The Labute approximate surface area is 168 Å². The van der Waals surface area contributed by atoms with Crippen molar-refractivity contribution in [3.8, 4) is 11.5 Å². The molecule has 0 bridgehead atoms. The van der Waals surface area contributed by atoms with Crippen LogP contribution in [0.3, 0.4) is 0 Å². The van der Waals surface area contributed by atoms with Crippen LogP contribution < -0.4 is 9.47 Å². The number of hydrogen-bond donors (Lipinski definition) is 0. The van der Waals surface area contributed by atoms with Crippen molar-refractivity contribution in [1.29, 1.82) is 0 Å². The van der Waals surface area contributed by atoms with Crippen LogP contribution in [-0.4, -0.2) is 63.2 Å². The van der Waals surface area contributed by atoms with Gasteiger partial charge in [-0.2, -0.15) is 4.31 Å². The maximum absolute atomic E-state index is 13.0. The average Bonchev–Trinajstić information content (AvgIpc) is 3.04. The number of carbonyl (C=O) groups excluding carboxylic acids is 2. The van der Waals surface area contributed by atoms with Crippen molar-refractivity contribution in [1.82, 2.24) is 4.31 Å². The van der Waals surface area contributed by atoms with Gasteiger partial charge in [-0.05, 0) is 31.9 Å². The van der Waals surface area contributed by atoms with Gasteiger partial charge in [-0.1, -0.05) is 0 Å². The van der Waals surface area contributed by atoms with Crippen molar-refractivity contribution in [2.24, 2.45) is 5.92 Å². The Hall–Kier alpha value is -2.33. The van der Waals surface area contributed by atoms with E-state index in [1.807, 2.05) is 0 Å². The minimum Gasteiger partial charge on any atom is -0.486 e. The molecule has 3 aliphatic heterocycles. The van der Waals surface area contributed by atoms with Crippen LogP contribution in [0, 0.1) is 5.92 Å². The first-order valence-electron chi connectivity index (χ1n) is 9.65. The predicted octanol–water partition coefficient (Wildman–Crippen LogP) is 1.11. The number of benzene rings is 1. The summed E-state index contributed by atoms with van der Waals surface area (Å²) in [5.74, 6) is -0.503. The van der Waals surface area contributed by atoms with E-state index in [9.17, 15) is 18.0 Å². The molecule has 0 N–H and O–H groups in total. The molecular weight excluding hydrogens is 402 g/mol. The van der Waals surface area contributed by atoms with Gasteiger partial charge >= 0.3 is 11.9 Å². The van der Waals surface area contributed by atoms with Crippen molar-refractivity contribution in [3.63, 3.8) is 0 Å². The Morgan fingerprint density at radius 2 is 1.83 bits per heavy atom. The van der Waals surface area contributed by atoms with Gasteiger partial charge in [0.1, 0.15) is 19.3 Å². The summed E-state index contributed by atoms with van der Waals surface area (Å²) >= 11 is 0. The fraction of sp³-hybridized carbons (Fsp3) is 0.579. The van der Waals surface area contributed by atoms with Crippen molar-refractivity contribution in [3.05, 3.63) is 18.2 Å². The molecule has 9 nitrogen and oxygen atoms in total. The monoisotopic (exact) mass is 425 g/mol. The van der Waals surface area contributed by atoms with Gasteiger partial charge in [0.05, 0.1) is 10.8 Å². The predicted molar refractivity (Wildman–Crippen MR) is 99.0 cm³/mol. The number of ether oxygens (including phenoxy) is 4. The van der Waals surface area contributed by atoms with Crippen LogP contribution in [0.5, 0.6) is 11.5 Å². The third-order valence-electron chi connectivity index (χ3n) is 5.32. The number of sulfonamides is 1. The molecule has 3 aliphatic rings. The second-order valence-corrected chi connectivity index (χ2v) is 9.33. The van der Waals surface area contributed by atoms with Gasteiger partial charge in [0.2, 0.25) is 16.1 Å². The van der Waals surface area contributed by atoms with Gasteiger partial charge in [0.15, 0.2) is 11.5 Å². The number of piperidine rings is 1. The summed E-state index contributed by atoms with van der Waals surface area (Å²) in [6, 6.07) is 4.56. The fourth-order valence-corrected chi connectivity index (χ4v) is 5.20. The summed E-state index contributed by atoms with van der Waals surface area (Å²) in [5, 5.41) is 0. The Kier molecular flexibility index (Phi) is 5.39. The quantitative estimate of drug-likeness (QED) is 0.660. The van der Waals surface area contributed by atoms with Crippen LogP contribution in [0.4, 0.5) is 0 Å². The van der Waals surface area contributed by atoms with Crippen LogP contribution in [0.2, 0.25) is 0 Å². The molecule has 4 rings (SSSR count). The number of esters is 2. The topological polar surface area (TPSA) is 108 Å². The van der Waals surface area contributed by atoms with Gasteiger partial charge < -0.3 is 18.9 Å². The number of fused-ring (bicyclic) bond motifs is 1. The molecule has 0 saturated carbocycles. The zero-order valence-corrected chi connectivity index (χ0v) is 16.9. The van der Waals surface area contributed by atoms with E-state index in [1.165, 1.54) is 16.4 Å². The minimum absolute atomic E-state index is 0.130. The molecule has 29 heavy (non-hydrogen) atoms. The normalized spacial score (nSPS) is 25.5. The average molecular weight is 425 g/mol. The summed E-state index contributed by atoms with van der Waals surface area (Å²) in [6.45, 7) is 2.94. The van der Waals surface area contributed by atoms with Crippen LogP contribution in [-0.2, 0) is 29.1 Å². The summed E-state index contributed by atoms with van der Waals surface area (Å²) in [4.78, 5) is 24.1. The zero-order valence-electron chi connectivity index (χ0n) is 16.0. The number of rotatable bonds is 4. The number of cyclic esters (lactones) is 1. The van der Waals surface area contributed by atoms with E-state index >= 15 is 0 Å². The molecule has 1 aromatic rings. The Bertz CT molecular complexity index is 907. The van der Waals surface area contributed by atoms with Gasteiger partial charge in [-0.3, -0.25) is 4.79 Å². The Morgan fingerprint density at radius 3 is 2.48 bits per heavy atom. The van der Waals surface area contributed by atoms with E-state index in [0.717, 1.165) is 0 Å². The van der Waals surface area contributed by atoms with E-state index in [2.05, 4.69) is 0 Å². The van der Waals surface area contributed by atoms with Gasteiger partial charge in [0, 0.05) is 25.6 Å². The third-order valence-corrected chi connectivity index (χ3v) is 7.22. The molecule has 158 valence electrons. The molecule has 2 atom stereocenters. The molecule has 2 saturated heterocycles. The molecule has 1 aromatic carbocycles. The zero-order chi connectivity index (χ0) is 20.6. The summed E-state index contributed by atoms with van der Waals surface area (Å²) in [7, 11) is -3.71. The third kappa shape index (κ3) is 4.04. The van der Waals surface area contributed by atoms with E-state index < -0.39 is 34.0 Å². The molecular formula is C19H23NO8S. The molecule has 2 fully saturated rings. The fourth-order valence-electron chi connectivity index (χ4n) is 3.72. The van der Waals surface area contributed by atoms with Crippen molar-refractivity contribution >= 4 is 22.0 Å². The summed E-state index contributed by atoms with van der Waals surface area (Å²) < 4.78 is 48.4. The largest absolute Gasteiger partial charge is 0.486 e. The van der Waals surface area contributed by atoms with Crippen molar-refractivity contribution in [2.75, 3.05) is 26.3 Å². The second kappa shape index (κ2) is 7.83. The highest BCUT2D eigenvalue weighted by Gasteiger charge is 2.38. The smallest absolute Gasteiger partial charge is 0.347 e. The van der Waals surface area contributed by atoms with E-state index in [0.29, 0.717) is 44.0 Å². The highest BCUT2D eigenvalue weighted by Crippen LogP contribution is 2.34. The Balaban J connectivity index is 1.37. The standard InChI is InChI=1S/C19H23NO8S/c1-12-10-17(19(22)27-12)28-18(21)13-4-6-20(7-5-13)29(23,24)14-2-3-15-16(11-14)26-9-8-25-15/h2-3,11-13,17H,4-10H2,1H3/t12-,17-/m0/s1. The molecule has 10 heteroatoms.